The van der Waals surface area contributed by atoms with Gasteiger partial charge in [-0.2, -0.15) is 13.2 Å². The molecule has 0 spiro atoms. The molecule has 1 aliphatic rings. The average Bonchev–Trinajstić information content (AvgIpc) is 2.99. The lowest BCUT2D eigenvalue weighted by molar-refractivity contribution is -0.139. The highest BCUT2D eigenvalue weighted by molar-refractivity contribution is 7.89. The van der Waals surface area contributed by atoms with Gasteiger partial charge in [0.15, 0.2) is 0 Å². The first kappa shape index (κ1) is 18.2. The summed E-state index contributed by atoms with van der Waals surface area (Å²) in [7, 11) is -4.40. The maximum Gasteiger partial charge on any atom is 0.417 e. The van der Waals surface area contributed by atoms with Gasteiger partial charge in [-0.15, -0.1) is 0 Å². The molecule has 0 bridgehead atoms. The molecule has 5 nitrogen and oxygen atoms in total. The number of benzene rings is 1. The maximum absolute atomic E-state index is 13.1. The van der Waals surface area contributed by atoms with Crippen LogP contribution < -0.4 is 4.72 Å². The van der Waals surface area contributed by atoms with Crippen LogP contribution in [0.5, 0.6) is 0 Å². The number of nitrogens with zero attached hydrogens (tertiary/aromatic N) is 2. The third-order valence-corrected chi connectivity index (χ3v) is 6.11. The monoisotopic (exact) mass is 393 g/mol. The standard InChI is InChI=1S/C15H15ClF3N3O2S/c16-12-3-1-2-11(15(17,18)19)14(12)25(23,24)21-9-10-4-6-22-7-5-20-13(22)8-10/h1-3,5,7,10,21H,4,6,8-9H2/t10-/m0/s1. The van der Waals surface area contributed by atoms with E-state index in [1.165, 1.54) is 0 Å². The van der Waals surface area contributed by atoms with Crippen LogP contribution in [0.4, 0.5) is 13.2 Å². The van der Waals surface area contributed by atoms with Gasteiger partial charge >= 0.3 is 6.18 Å². The zero-order valence-corrected chi connectivity index (χ0v) is 14.5. The molecule has 1 aromatic carbocycles. The van der Waals surface area contributed by atoms with Crippen LogP contribution in [-0.4, -0.2) is 24.5 Å². The van der Waals surface area contributed by atoms with E-state index in [1.54, 1.807) is 6.20 Å². The van der Waals surface area contributed by atoms with E-state index >= 15 is 0 Å². The van der Waals surface area contributed by atoms with E-state index in [9.17, 15) is 21.6 Å². The molecule has 1 N–H and O–H groups in total. The van der Waals surface area contributed by atoms with E-state index in [0.717, 1.165) is 18.0 Å². The largest absolute Gasteiger partial charge is 0.417 e. The maximum atomic E-state index is 13.1. The van der Waals surface area contributed by atoms with Crippen LogP contribution in [0.1, 0.15) is 17.8 Å². The summed E-state index contributed by atoms with van der Waals surface area (Å²) in [6, 6.07) is 2.91. The summed E-state index contributed by atoms with van der Waals surface area (Å²) in [6.07, 6.45) is -0.0361. The van der Waals surface area contributed by atoms with Crippen molar-refractivity contribution >= 4 is 21.6 Å². The van der Waals surface area contributed by atoms with Crippen molar-refractivity contribution in [1.82, 2.24) is 14.3 Å². The molecule has 0 unspecified atom stereocenters. The third kappa shape index (κ3) is 3.83. The minimum atomic E-state index is -4.81. The molecule has 2 aromatic rings. The van der Waals surface area contributed by atoms with Crippen molar-refractivity contribution in [2.75, 3.05) is 6.54 Å². The summed E-state index contributed by atoms with van der Waals surface area (Å²) in [5.74, 6) is 0.797. The van der Waals surface area contributed by atoms with E-state index in [1.807, 2.05) is 10.8 Å². The summed E-state index contributed by atoms with van der Waals surface area (Å²) in [4.78, 5) is 3.26. The van der Waals surface area contributed by atoms with Gasteiger partial charge in [0.05, 0.1) is 10.6 Å². The van der Waals surface area contributed by atoms with Crippen LogP contribution in [0.25, 0.3) is 0 Å². The van der Waals surface area contributed by atoms with Gasteiger partial charge in [-0.25, -0.2) is 18.1 Å². The highest BCUT2D eigenvalue weighted by Gasteiger charge is 2.38. The average molecular weight is 394 g/mol. The van der Waals surface area contributed by atoms with Gasteiger partial charge < -0.3 is 4.57 Å². The topological polar surface area (TPSA) is 64.0 Å². The van der Waals surface area contributed by atoms with Gasteiger partial charge in [0, 0.05) is 31.9 Å². The number of hydrogen-bond donors (Lipinski definition) is 1. The van der Waals surface area contributed by atoms with Gasteiger partial charge in [-0.3, -0.25) is 0 Å². The zero-order chi connectivity index (χ0) is 18.2. The Bertz CT molecular complexity index is 880. The molecule has 0 radical (unpaired) electrons. The van der Waals surface area contributed by atoms with Crippen LogP contribution in [-0.2, 0) is 29.2 Å². The smallest absolute Gasteiger partial charge is 0.335 e. The predicted molar refractivity (Wildman–Crippen MR) is 85.7 cm³/mol. The number of halogens is 4. The molecule has 1 atom stereocenters. The zero-order valence-electron chi connectivity index (χ0n) is 12.9. The summed E-state index contributed by atoms with van der Waals surface area (Å²) in [5, 5.41) is -0.457. The van der Waals surface area contributed by atoms with Crippen molar-refractivity contribution in [2.45, 2.75) is 30.5 Å². The molecule has 0 fully saturated rings. The van der Waals surface area contributed by atoms with Crippen molar-refractivity contribution in [1.29, 1.82) is 0 Å². The fourth-order valence-electron chi connectivity index (χ4n) is 2.89. The normalized spacial score (nSPS) is 18.2. The van der Waals surface area contributed by atoms with Crippen molar-refractivity contribution in [3.05, 3.63) is 47.0 Å². The fourth-order valence-corrected chi connectivity index (χ4v) is 4.77. The van der Waals surface area contributed by atoms with Gasteiger partial charge in [0.1, 0.15) is 10.7 Å². The van der Waals surface area contributed by atoms with Gasteiger partial charge in [-0.1, -0.05) is 17.7 Å². The fraction of sp³-hybridized carbons (Fsp3) is 0.400. The van der Waals surface area contributed by atoms with E-state index in [0.29, 0.717) is 25.5 Å². The number of alkyl halides is 3. The van der Waals surface area contributed by atoms with Crippen LogP contribution in [0.3, 0.4) is 0 Å². The number of imidazole rings is 1. The first-order chi connectivity index (χ1) is 11.7. The SMILES string of the molecule is O=S(=O)(NC[C@H]1CCn2ccnc2C1)c1c(Cl)cccc1C(F)(F)F. The third-order valence-electron chi connectivity index (χ3n) is 4.15. The molecule has 3 rings (SSSR count). The lowest BCUT2D eigenvalue weighted by Gasteiger charge is -2.24. The number of aryl methyl sites for hydroxylation is 1. The first-order valence-corrected chi connectivity index (χ1v) is 9.40. The molecule has 2 heterocycles. The van der Waals surface area contributed by atoms with Crippen LogP contribution >= 0.6 is 11.6 Å². The molecule has 1 aliphatic heterocycles. The minimum Gasteiger partial charge on any atom is -0.335 e. The van der Waals surface area contributed by atoms with Crippen molar-refractivity contribution in [2.24, 2.45) is 5.92 Å². The summed E-state index contributed by atoms with van der Waals surface area (Å²) in [5.41, 5.74) is -1.27. The molecule has 136 valence electrons. The summed E-state index contributed by atoms with van der Waals surface area (Å²) < 4.78 is 68.5. The Hall–Kier alpha value is -1.58. The summed E-state index contributed by atoms with van der Waals surface area (Å²) >= 11 is 5.76. The Morgan fingerprint density at radius 1 is 1.36 bits per heavy atom. The second-order valence-corrected chi connectivity index (χ2v) is 7.97. The van der Waals surface area contributed by atoms with Crippen LogP contribution in [0.15, 0.2) is 35.5 Å². The molecule has 0 amide bonds. The number of fused-ring (bicyclic) bond motifs is 1. The highest BCUT2D eigenvalue weighted by Crippen LogP contribution is 2.37. The van der Waals surface area contributed by atoms with E-state index in [2.05, 4.69) is 9.71 Å². The predicted octanol–water partition coefficient (Wildman–Crippen LogP) is 3.10. The van der Waals surface area contributed by atoms with Gasteiger partial charge in [0.25, 0.3) is 0 Å². The van der Waals surface area contributed by atoms with Crippen molar-refractivity contribution < 1.29 is 21.6 Å². The molecular formula is C15H15ClF3N3O2S. The number of aromatic nitrogens is 2. The number of sulfonamides is 1. The molecule has 0 saturated carbocycles. The molecule has 0 saturated heterocycles. The number of hydrogen-bond acceptors (Lipinski definition) is 3. The molecular weight excluding hydrogens is 379 g/mol. The molecule has 25 heavy (non-hydrogen) atoms. The van der Waals surface area contributed by atoms with Gasteiger partial charge in [-0.05, 0) is 24.5 Å². The first-order valence-electron chi connectivity index (χ1n) is 7.54. The Kier molecular flexibility index (Phi) is 4.82. The molecule has 0 aliphatic carbocycles. The minimum absolute atomic E-state index is 0.0255. The van der Waals surface area contributed by atoms with Crippen LogP contribution in [0, 0.1) is 5.92 Å². The van der Waals surface area contributed by atoms with Crippen molar-refractivity contribution in [3.8, 4) is 0 Å². The molecule has 1 aromatic heterocycles. The Morgan fingerprint density at radius 2 is 2.12 bits per heavy atom. The quantitative estimate of drug-likeness (QED) is 0.868. The van der Waals surface area contributed by atoms with Gasteiger partial charge in [0.2, 0.25) is 10.0 Å². The van der Waals surface area contributed by atoms with E-state index in [4.69, 9.17) is 11.6 Å². The summed E-state index contributed by atoms with van der Waals surface area (Å²) in [6.45, 7) is 0.722. The highest BCUT2D eigenvalue weighted by atomic mass is 35.5. The number of nitrogens with one attached hydrogen (secondary N) is 1. The lowest BCUT2D eigenvalue weighted by atomic mass is 9.98. The second kappa shape index (κ2) is 6.62. The van der Waals surface area contributed by atoms with Crippen LogP contribution in [0.2, 0.25) is 5.02 Å². The van der Waals surface area contributed by atoms with E-state index in [-0.39, 0.29) is 12.5 Å². The second-order valence-electron chi connectivity index (χ2n) is 5.86. The van der Waals surface area contributed by atoms with E-state index < -0.39 is 31.7 Å². The Balaban J connectivity index is 1.80. The lowest BCUT2D eigenvalue weighted by Crippen LogP contribution is -2.34. The molecule has 10 heteroatoms. The Morgan fingerprint density at radius 3 is 2.84 bits per heavy atom. The van der Waals surface area contributed by atoms with Crippen molar-refractivity contribution in [3.63, 3.8) is 0 Å². The number of rotatable bonds is 4. The Labute approximate surface area is 147 Å².